The van der Waals surface area contributed by atoms with Crippen LogP contribution >= 0.6 is 11.3 Å². The van der Waals surface area contributed by atoms with E-state index >= 15 is 0 Å². The first-order valence-electron chi connectivity index (χ1n) is 9.70. The summed E-state index contributed by atoms with van der Waals surface area (Å²) < 4.78 is 29.5. The second kappa shape index (κ2) is 8.04. The molecule has 2 saturated heterocycles. The predicted octanol–water partition coefficient (Wildman–Crippen LogP) is 2.33. The van der Waals surface area contributed by atoms with Crippen LogP contribution in [0.5, 0.6) is 0 Å². The van der Waals surface area contributed by atoms with E-state index in [9.17, 15) is 13.2 Å². The number of sulfone groups is 1. The number of hydrogen-bond acceptors (Lipinski definition) is 7. The number of carbonyl (C=O) groups is 1. The van der Waals surface area contributed by atoms with E-state index in [1.165, 1.54) is 6.26 Å². The molecule has 2 aliphatic heterocycles. The molecule has 1 aromatic carbocycles. The van der Waals surface area contributed by atoms with Crippen LogP contribution in [-0.2, 0) is 25.9 Å². The summed E-state index contributed by atoms with van der Waals surface area (Å²) in [7, 11) is -3.22. The summed E-state index contributed by atoms with van der Waals surface area (Å²) >= 11 is 1.64. The highest BCUT2D eigenvalue weighted by Gasteiger charge is 2.40. The van der Waals surface area contributed by atoms with Crippen molar-refractivity contribution < 1.29 is 17.9 Å². The average molecular weight is 436 g/mol. The van der Waals surface area contributed by atoms with Crippen molar-refractivity contribution in [2.75, 3.05) is 37.4 Å². The van der Waals surface area contributed by atoms with Gasteiger partial charge in [-0.05, 0) is 30.5 Å². The molecular weight excluding hydrogens is 410 g/mol. The molecule has 0 bridgehead atoms. The molecule has 0 N–H and O–H groups in total. The Morgan fingerprint density at radius 3 is 2.55 bits per heavy atom. The summed E-state index contributed by atoms with van der Waals surface area (Å²) in [4.78, 5) is 21.5. The van der Waals surface area contributed by atoms with Crippen LogP contribution in [0, 0.1) is 0 Å². The van der Waals surface area contributed by atoms with Crippen molar-refractivity contribution in [2.45, 2.75) is 36.3 Å². The Bertz CT molecular complexity index is 950. The second-order valence-corrected chi connectivity index (χ2v) is 10.6. The van der Waals surface area contributed by atoms with E-state index in [4.69, 9.17) is 4.74 Å². The van der Waals surface area contributed by atoms with Gasteiger partial charge in [0, 0.05) is 37.5 Å². The fourth-order valence-electron chi connectivity index (χ4n) is 3.98. The van der Waals surface area contributed by atoms with Gasteiger partial charge in [-0.25, -0.2) is 13.4 Å². The van der Waals surface area contributed by atoms with Gasteiger partial charge in [-0.1, -0.05) is 12.1 Å². The third kappa shape index (κ3) is 4.62. The molecule has 7 nitrogen and oxygen atoms in total. The Hall–Kier alpha value is -1.97. The van der Waals surface area contributed by atoms with E-state index < -0.39 is 9.84 Å². The zero-order valence-electron chi connectivity index (χ0n) is 16.4. The standard InChI is InChI=1S/C20H25N3O4S2/c1-29(25,26)17-4-2-16(3-5-17)14-23-15-20(27-12-6-18(23)24)7-10-22(11-8-20)19-21-9-13-28-19/h2-5,9,13H,6-8,10-12,14-15H2,1H3. The van der Waals surface area contributed by atoms with Gasteiger partial charge in [-0.2, -0.15) is 0 Å². The number of ether oxygens (including phenoxy) is 1. The summed E-state index contributed by atoms with van der Waals surface area (Å²) in [6.45, 7) is 3.19. The molecule has 1 spiro atoms. The number of piperidine rings is 1. The smallest absolute Gasteiger partial charge is 0.225 e. The quantitative estimate of drug-likeness (QED) is 0.733. The molecule has 1 aromatic heterocycles. The van der Waals surface area contributed by atoms with Crippen molar-refractivity contribution in [1.82, 2.24) is 9.88 Å². The Morgan fingerprint density at radius 2 is 1.93 bits per heavy atom. The molecule has 0 unspecified atom stereocenters. The van der Waals surface area contributed by atoms with Gasteiger partial charge in [0.05, 0.1) is 30.1 Å². The van der Waals surface area contributed by atoms with Gasteiger partial charge >= 0.3 is 0 Å². The van der Waals surface area contributed by atoms with E-state index in [-0.39, 0.29) is 16.4 Å². The third-order valence-electron chi connectivity index (χ3n) is 5.65. The van der Waals surface area contributed by atoms with Crippen LogP contribution < -0.4 is 4.90 Å². The van der Waals surface area contributed by atoms with E-state index in [0.29, 0.717) is 26.1 Å². The van der Waals surface area contributed by atoms with Gasteiger partial charge in [0.15, 0.2) is 15.0 Å². The summed E-state index contributed by atoms with van der Waals surface area (Å²) in [6.07, 6.45) is 5.09. The van der Waals surface area contributed by atoms with Gasteiger partial charge in [-0.3, -0.25) is 4.79 Å². The van der Waals surface area contributed by atoms with Gasteiger partial charge in [0.1, 0.15) is 0 Å². The summed E-state index contributed by atoms with van der Waals surface area (Å²) in [5.41, 5.74) is 0.593. The largest absolute Gasteiger partial charge is 0.372 e. The topological polar surface area (TPSA) is 79.8 Å². The first kappa shape index (κ1) is 20.3. The van der Waals surface area contributed by atoms with Crippen LogP contribution in [-0.4, -0.2) is 62.3 Å². The summed E-state index contributed by atoms with van der Waals surface area (Å²) in [5, 5.41) is 3.02. The molecule has 2 aliphatic rings. The molecule has 0 radical (unpaired) electrons. The Labute approximate surface area is 175 Å². The zero-order chi connectivity index (χ0) is 20.5. The molecule has 3 heterocycles. The minimum atomic E-state index is -3.22. The minimum Gasteiger partial charge on any atom is -0.372 e. The lowest BCUT2D eigenvalue weighted by Crippen LogP contribution is -2.52. The second-order valence-electron chi connectivity index (χ2n) is 7.75. The highest BCUT2D eigenvalue weighted by atomic mass is 32.2. The van der Waals surface area contributed by atoms with Crippen molar-refractivity contribution in [3.63, 3.8) is 0 Å². The lowest BCUT2D eigenvalue weighted by atomic mass is 9.90. The van der Waals surface area contributed by atoms with Crippen molar-refractivity contribution in [3.8, 4) is 0 Å². The maximum Gasteiger partial charge on any atom is 0.225 e. The number of anilines is 1. The average Bonchev–Trinajstić information content (AvgIpc) is 3.18. The highest BCUT2D eigenvalue weighted by Crippen LogP contribution is 2.33. The fourth-order valence-corrected chi connectivity index (χ4v) is 5.31. The Balaban J connectivity index is 1.45. The summed E-state index contributed by atoms with van der Waals surface area (Å²) in [6, 6.07) is 6.78. The summed E-state index contributed by atoms with van der Waals surface area (Å²) in [5.74, 6) is 0.0800. The molecule has 9 heteroatoms. The monoisotopic (exact) mass is 435 g/mol. The number of carbonyl (C=O) groups excluding carboxylic acids is 1. The van der Waals surface area contributed by atoms with Gasteiger partial charge < -0.3 is 14.5 Å². The SMILES string of the molecule is CS(=O)(=O)c1ccc(CN2CC3(CCN(c4nccs4)CC3)OCCC2=O)cc1. The van der Waals surface area contributed by atoms with Crippen LogP contribution in [0.15, 0.2) is 40.7 Å². The van der Waals surface area contributed by atoms with E-state index in [1.807, 2.05) is 16.5 Å². The first-order valence-corrected chi connectivity index (χ1v) is 12.5. The highest BCUT2D eigenvalue weighted by molar-refractivity contribution is 7.90. The molecule has 0 atom stereocenters. The number of hydrogen-bond donors (Lipinski definition) is 0. The Morgan fingerprint density at radius 1 is 1.21 bits per heavy atom. The van der Waals surface area contributed by atoms with Crippen LogP contribution in [0.2, 0.25) is 0 Å². The molecule has 156 valence electrons. The Kier molecular flexibility index (Phi) is 5.63. The van der Waals surface area contributed by atoms with Crippen molar-refractivity contribution in [3.05, 3.63) is 41.4 Å². The molecule has 0 aliphatic carbocycles. The van der Waals surface area contributed by atoms with Crippen molar-refractivity contribution in [2.24, 2.45) is 0 Å². The van der Waals surface area contributed by atoms with E-state index in [1.54, 1.807) is 35.6 Å². The predicted molar refractivity (Wildman–Crippen MR) is 112 cm³/mol. The van der Waals surface area contributed by atoms with Crippen LogP contribution in [0.3, 0.4) is 0 Å². The van der Waals surface area contributed by atoms with Gasteiger partial charge in [0.25, 0.3) is 0 Å². The normalized spacial score (nSPS) is 20.1. The lowest BCUT2D eigenvalue weighted by molar-refractivity contribution is -0.132. The minimum absolute atomic E-state index is 0.0800. The van der Waals surface area contributed by atoms with E-state index in [2.05, 4.69) is 9.88 Å². The maximum atomic E-state index is 12.7. The van der Waals surface area contributed by atoms with Crippen LogP contribution in [0.4, 0.5) is 5.13 Å². The van der Waals surface area contributed by atoms with Gasteiger partial charge in [-0.15, -0.1) is 11.3 Å². The van der Waals surface area contributed by atoms with Crippen LogP contribution in [0.25, 0.3) is 0 Å². The first-order chi connectivity index (χ1) is 13.8. The zero-order valence-corrected chi connectivity index (χ0v) is 18.0. The third-order valence-corrected chi connectivity index (χ3v) is 7.61. The number of rotatable bonds is 4. The number of thiazole rings is 1. The molecule has 0 saturated carbocycles. The fraction of sp³-hybridized carbons (Fsp3) is 0.500. The van der Waals surface area contributed by atoms with E-state index in [0.717, 1.165) is 36.6 Å². The van der Waals surface area contributed by atoms with Crippen LogP contribution in [0.1, 0.15) is 24.8 Å². The number of nitrogens with zero attached hydrogens (tertiary/aromatic N) is 3. The lowest BCUT2D eigenvalue weighted by Gasteiger charge is -2.42. The number of aromatic nitrogens is 1. The molecule has 2 fully saturated rings. The maximum absolute atomic E-state index is 12.7. The van der Waals surface area contributed by atoms with Crippen molar-refractivity contribution >= 4 is 32.2 Å². The molecule has 2 aromatic rings. The number of amides is 1. The number of benzene rings is 1. The van der Waals surface area contributed by atoms with Gasteiger partial charge in [0.2, 0.25) is 5.91 Å². The molecule has 4 rings (SSSR count). The molecule has 1 amide bonds. The molecule has 29 heavy (non-hydrogen) atoms. The van der Waals surface area contributed by atoms with Crippen molar-refractivity contribution in [1.29, 1.82) is 0 Å². The molecular formula is C20H25N3O4S2.